The molecule has 6 nitrogen and oxygen atoms in total. The van der Waals surface area contributed by atoms with Crippen molar-refractivity contribution in [1.82, 2.24) is 0 Å². The number of benzene rings is 7. The van der Waals surface area contributed by atoms with E-state index in [4.69, 9.17) is 8.83 Å². The summed E-state index contributed by atoms with van der Waals surface area (Å²) >= 11 is 0. The van der Waals surface area contributed by atoms with Crippen LogP contribution in [0.15, 0.2) is 160 Å². The number of hydrogen-bond acceptors (Lipinski definition) is 6. The van der Waals surface area contributed by atoms with Crippen LogP contribution in [0.5, 0.6) is 0 Å². The minimum atomic E-state index is -1.30. The van der Waals surface area contributed by atoms with Gasteiger partial charge in [-0.1, -0.05) is 72.8 Å². The van der Waals surface area contributed by atoms with Crippen molar-refractivity contribution in [3.05, 3.63) is 168 Å². The van der Waals surface area contributed by atoms with Gasteiger partial charge < -0.3 is 28.8 Å². The first-order chi connectivity index (χ1) is 25.7. The van der Waals surface area contributed by atoms with Crippen LogP contribution in [-0.4, -0.2) is 10.2 Å². The molecule has 0 amide bonds. The minimum absolute atomic E-state index is 0.654. The first kappa shape index (κ1) is 31.4. The molecule has 3 heterocycles. The zero-order valence-electron chi connectivity index (χ0n) is 29.5. The molecule has 1 unspecified atom stereocenters. The molecule has 0 spiro atoms. The number of furan rings is 2. The lowest BCUT2D eigenvalue weighted by Crippen LogP contribution is -2.32. The SMILES string of the molecule is CC(C)(O)c1ccccc1N(c1ccccc1)c1ccc2c(c1)oc1cc3c(cc12)oc1c2c(ccc13)N(c1ccccc1)c1ccccc1C2(C)O. The summed E-state index contributed by atoms with van der Waals surface area (Å²) in [6, 6.07) is 50.9. The topological polar surface area (TPSA) is 73.2 Å². The molecule has 0 bridgehead atoms. The molecular weight excluding hydrogens is 657 g/mol. The molecule has 2 aromatic heterocycles. The van der Waals surface area contributed by atoms with E-state index in [1.54, 1.807) is 0 Å². The van der Waals surface area contributed by atoms with Gasteiger partial charge in [0.1, 0.15) is 27.9 Å². The van der Waals surface area contributed by atoms with E-state index in [0.717, 1.165) is 89.1 Å². The van der Waals surface area contributed by atoms with Crippen LogP contribution in [0.25, 0.3) is 43.9 Å². The van der Waals surface area contributed by atoms with Gasteiger partial charge in [-0.3, -0.25) is 0 Å². The molecule has 1 aliphatic heterocycles. The lowest BCUT2D eigenvalue weighted by atomic mass is 9.81. The summed E-state index contributed by atoms with van der Waals surface area (Å²) in [7, 11) is 0. The van der Waals surface area contributed by atoms with E-state index in [2.05, 4.69) is 82.6 Å². The highest BCUT2D eigenvalue weighted by Gasteiger charge is 2.41. The van der Waals surface area contributed by atoms with Crippen molar-refractivity contribution in [2.75, 3.05) is 9.80 Å². The zero-order valence-corrected chi connectivity index (χ0v) is 29.5. The van der Waals surface area contributed by atoms with Gasteiger partial charge in [0.2, 0.25) is 0 Å². The fourth-order valence-corrected chi connectivity index (χ4v) is 8.27. The monoisotopic (exact) mass is 692 g/mol. The molecule has 1 aliphatic rings. The number of hydrogen-bond donors (Lipinski definition) is 2. The molecule has 10 rings (SSSR count). The summed E-state index contributed by atoms with van der Waals surface area (Å²) in [5, 5.41) is 27.2. The molecule has 258 valence electrons. The third-order valence-electron chi connectivity index (χ3n) is 10.7. The fraction of sp³-hybridized carbons (Fsp3) is 0.106. The van der Waals surface area contributed by atoms with Gasteiger partial charge in [0, 0.05) is 55.8 Å². The fourth-order valence-electron chi connectivity index (χ4n) is 8.27. The Morgan fingerprint density at radius 1 is 0.585 bits per heavy atom. The predicted molar refractivity (Wildman–Crippen MR) is 214 cm³/mol. The van der Waals surface area contributed by atoms with Gasteiger partial charge in [-0.15, -0.1) is 0 Å². The molecule has 1 atom stereocenters. The van der Waals surface area contributed by atoms with Gasteiger partial charge in [-0.2, -0.15) is 0 Å². The first-order valence-corrected chi connectivity index (χ1v) is 17.9. The highest BCUT2D eigenvalue weighted by molar-refractivity contribution is 6.16. The van der Waals surface area contributed by atoms with Gasteiger partial charge in [-0.25, -0.2) is 0 Å². The van der Waals surface area contributed by atoms with Crippen molar-refractivity contribution >= 4 is 78.0 Å². The van der Waals surface area contributed by atoms with Crippen LogP contribution >= 0.6 is 0 Å². The second-order valence-corrected chi connectivity index (χ2v) is 14.6. The Kier molecular flexibility index (Phi) is 6.71. The number of fused-ring (bicyclic) bond motifs is 9. The second-order valence-electron chi connectivity index (χ2n) is 14.6. The molecule has 0 radical (unpaired) electrons. The molecule has 2 N–H and O–H groups in total. The second kappa shape index (κ2) is 11.3. The third kappa shape index (κ3) is 4.73. The Labute approximate surface area is 306 Å². The van der Waals surface area contributed by atoms with Gasteiger partial charge in [0.25, 0.3) is 0 Å². The van der Waals surface area contributed by atoms with Crippen LogP contribution in [0.1, 0.15) is 37.5 Å². The van der Waals surface area contributed by atoms with Crippen LogP contribution in [-0.2, 0) is 11.2 Å². The van der Waals surface area contributed by atoms with E-state index in [1.807, 2.05) is 99.6 Å². The number of anilines is 6. The maximum atomic E-state index is 12.3. The summed E-state index contributed by atoms with van der Waals surface area (Å²) < 4.78 is 13.4. The van der Waals surface area contributed by atoms with Crippen LogP contribution in [0.4, 0.5) is 34.1 Å². The quantitative estimate of drug-likeness (QED) is 0.187. The third-order valence-corrected chi connectivity index (χ3v) is 10.7. The summed E-state index contributed by atoms with van der Waals surface area (Å²) in [6.07, 6.45) is 0. The maximum absolute atomic E-state index is 12.3. The molecular formula is C47H36N2O4. The van der Waals surface area contributed by atoms with E-state index in [1.165, 1.54) is 0 Å². The van der Waals surface area contributed by atoms with Gasteiger partial charge in [0.15, 0.2) is 0 Å². The Morgan fingerprint density at radius 2 is 1.21 bits per heavy atom. The molecule has 7 aromatic carbocycles. The molecule has 0 saturated heterocycles. The van der Waals surface area contributed by atoms with Gasteiger partial charge >= 0.3 is 0 Å². The van der Waals surface area contributed by atoms with Gasteiger partial charge in [-0.05, 0) is 93.6 Å². The van der Waals surface area contributed by atoms with Crippen molar-refractivity contribution in [3.63, 3.8) is 0 Å². The van der Waals surface area contributed by atoms with Crippen molar-refractivity contribution < 1.29 is 19.0 Å². The van der Waals surface area contributed by atoms with Crippen molar-refractivity contribution in [1.29, 1.82) is 0 Å². The summed E-state index contributed by atoms with van der Waals surface area (Å²) in [5.41, 5.74) is 8.44. The summed E-state index contributed by atoms with van der Waals surface area (Å²) in [4.78, 5) is 4.36. The Hall–Kier alpha value is -6.34. The molecule has 0 saturated carbocycles. The number of nitrogens with zero attached hydrogens (tertiary/aromatic N) is 2. The molecule has 53 heavy (non-hydrogen) atoms. The number of aliphatic hydroxyl groups is 2. The van der Waals surface area contributed by atoms with Crippen LogP contribution in [0.3, 0.4) is 0 Å². The van der Waals surface area contributed by atoms with E-state index < -0.39 is 11.2 Å². The van der Waals surface area contributed by atoms with Crippen molar-refractivity contribution in [2.24, 2.45) is 0 Å². The lowest BCUT2D eigenvalue weighted by Gasteiger charge is -2.40. The van der Waals surface area contributed by atoms with Crippen molar-refractivity contribution in [2.45, 2.75) is 32.0 Å². The van der Waals surface area contributed by atoms with Crippen molar-refractivity contribution in [3.8, 4) is 0 Å². The molecule has 9 aromatic rings. The smallest absolute Gasteiger partial charge is 0.143 e. The Bertz CT molecular complexity index is 2860. The number of para-hydroxylation sites is 4. The zero-order chi connectivity index (χ0) is 36.1. The Balaban J connectivity index is 1.15. The van der Waals surface area contributed by atoms with E-state index in [9.17, 15) is 10.2 Å². The average molecular weight is 693 g/mol. The summed E-state index contributed by atoms with van der Waals surface area (Å²) in [6.45, 7) is 5.48. The maximum Gasteiger partial charge on any atom is 0.143 e. The molecule has 0 aliphatic carbocycles. The standard InChI is InChI=1S/C47H36N2O4/c1-46(2,50)36-18-10-12-20-38(36)48(29-14-6-4-7-15-29)31-22-23-32-34-27-43-35(28-42(34)52-41(32)26-31)33-24-25-40-44(45(33)53-43)47(3,51)37-19-11-13-21-39(37)49(40)30-16-8-5-9-17-30/h4-28,50-51H,1-3H3. The predicted octanol–water partition coefficient (Wildman–Crippen LogP) is 12.2. The highest BCUT2D eigenvalue weighted by atomic mass is 16.3. The highest BCUT2D eigenvalue weighted by Crippen LogP contribution is 2.54. The van der Waals surface area contributed by atoms with Crippen LogP contribution < -0.4 is 9.80 Å². The average Bonchev–Trinajstić information content (AvgIpc) is 3.71. The minimum Gasteiger partial charge on any atom is -0.456 e. The van der Waals surface area contributed by atoms with Crippen LogP contribution in [0.2, 0.25) is 0 Å². The first-order valence-electron chi connectivity index (χ1n) is 17.9. The largest absolute Gasteiger partial charge is 0.456 e. The molecule has 6 heteroatoms. The van der Waals surface area contributed by atoms with E-state index in [-0.39, 0.29) is 0 Å². The van der Waals surface area contributed by atoms with Gasteiger partial charge in [0.05, 0.1) is 28.2 Å². The summed E-state index contributed by atoms with van der Waals surface area (Å²) in [5.74, 6) is 0. The number of rotatable bonds is 5. The molecule has 0 fully saturated rings. The Morgan fingerprint density at radius 3 is 1.98 bits per heavy atom. The van der Waals surface area contributed by atoms with Crippen LogP contribution in [0, 0.1) is 0 Å². The normalized spacial score (nSPS) is 15.7. The van der Waals surface area contributed by atoms with E-state index >= 15 is 0 Å². The lowest BCUT2D eigenvalue weighted by molar-refractivity contribution is 0.0792. The van der Waals surface area contributed by atoms with E-state index in [0.29, 0.717) is 5.58 Å².